The first-order valence-corrected chi connectivity index (χ1v) is 7.88. The summed E-state index contributed by atoms with van der Waals surface area (Å²) in [5, 5.41) is 0. The van der Waals surface area contributed by atoms with Crippen molar-refractivity contribution in [3.05, 3.63) is 0 Å². The van der Waals surface area contributed by atoms with Crippen molar-refractivity contribution in [2.75, 3.05) is 0 Å². The van der Waals surface area contributed by atoms with Crippen LogP contribution in [-0.4, -0.2) is 0 Å². The highest BCUT2D eigenvalue weighted by Crippen LogP contribution is 2.44. The van der Waals surface area contributed by atoms with E-state index in [1.165, 1.54) is 70.6 Å². The van der Waals surface area contributed by atoms with Gasteiger partial charge in [0.15, 0.2) is 0 Å². The zero-order valence-electron chi connectivity index (χ0n) is 11.6. The zero-order valence-corrected chi connectivity index (χ0v) is 11.6. The highest BCUT2D eigenvalue weighted by Gasteiger charge is 2.33. The molecule has 0 nitrogen and oxygen atoms in total. The Balaban J connectivity index is 1.69. The molecule has 0 aliphatic heterocycles. The van der Waals surface area contributed by atoms with E-state index in [1.54, 1.807) is 6.42 Å². The van der Waals surface area contributed by atoms with Crippen molar-refractivity contribution in [2.24, 2.45) is 11.8 Å². The molecule has 0 amide bonds. The lowest BCUT2D eigenvalue weighted by Crippen LogP contribution is -1.84. The maximum absolute atomic E-state index is 2.35. The first kappa shape index (κ1) is 14.1. The minimum Gasteiger partial charge on any atom is -0.0654 e. The van der Waals surface area contributed by atoms with E-state index in [9.17, 15) is 0 Å². The van der Waals surface area contributed by atoms with Gasteiger partial charge >= 0.3 is 0 Å². The third-order valence-electron chi connectivity index (χ3n) is 4.27. The summed E-state index contributed by atoms with van der Waals surface area (Å²) < 4.78 is 0. The molecule has 1 saturated carbocycles. The number of hydrogen-bond donors (Lipinski definition) is 0. The van der Waals surface area contributed by atoms with E-state index >= 15 is 0 Å². The monoisotopic (exact) mass is 224 g/mol. The van der Waals surface area contributed by atoms with Crippen LogP contribution in [0.4, 0.5) is 0 Å². The van der Waals surface area contributed by atoms with Crippen LogP contribution in [0.2, 0.25) is 0 Å². The Labute approximate surface area is 103 Å². The molecule has 2 unspecified atom stereocenters. The van der Waals surface area contributed by atoms with Crippen molar-refractivity contribution in [3.8, 4) is 0 Å². The Hall–Kier alpha value is 0. The fourth-order valence-corrected chi connectivity index (χ4v) is 2.88. The molecule has 16 heavy (non-hydrogen) atoms. The summed E-state index contributed by atoms with van der Waals surface area (Å²) in [5.74, 6) is 2.25. The fraction of sp³-hybridized carbons (Fsp3) is 1.00. The highest BCUT2D eigenvalue weighted by molar-refractivity contribution is 4.84. The lowest BCUT2D eigenvalue weighted by atomic mass is 10.0. The predicted molar refractivity (Wildman–Crippen MR) is 73.7 cm³/mol. The summed E-state index contributed by atoms with van der Waals surface area (Å²) in [7, 11) is 0. The maximum atomic E-state index is 2.35. The van der Waals surface area contributed by atoms with Crippen LogP contribution in [-0.2, 0) is 0 Å². The topological polar surface area (TPSA) is 0 Å². The Morgan fingerprint density at radius 3 is 1.75 bits per heavy atom. The largest absolute Gasteiger partial charge is 0.0654 e. The van der Waals surface area contributed by atoms with Crippen LogP contribution in [0.3, 0.4) is 0 Å². The van der Waals surface area contributed by atoms with Crippen LogP contribution in [0, 0.1) is 11.8 Å². The molecule has 96 valence electrons. The predicted octanol–water partition coefficient (Wildman–Crippen LogP) is 5.95. The summed E-state index contributed by atoms with van der Waals surface area (Å²) in [6.07, 6.45) is 17.8. The molecular formula is C16H32. The standard InChI is InChI=1S/C16H32/c1-3-5-6-7-8-9-10-11-12-13-16-14-15(16)4-2/h15-16H,3-14H2,1-2H3. The van der Waals surface area contributed by atoms with Gasteiger partial charge in [-0.05, 0) is 18.3 Å². The SMILES string of the molecule is CCCCCCCCCCCC1CC1CC. The van der Waals surface area contributed by atoms with Gasteiger partial charge in [-0.25, -0.2) is 0 Å². The van der Waals surface area contributed by atoms with Gasteiger partial charge in [0.25, 0.3) is 0 Å². The molecule has 1 aliphatic carbocycles. The smallest absolute Gasteiger partial charge is 0.0383 e. The van der Waals surface area contributed by atoms with E-state index in [-0.39, 0.29) is 0 Å². The van der Waals surface area contributed by atoms with E-state index in [2.05, 4.69) is 13.8 Å². The van der Waals surface area contributed by atoms with E-state index in [0.29, 0.717) is 0 Å². The Kier molecular flexibility index (Phi) is 7.98. The Bertz CT molecular complexity index is 150. The van der Waals surface area contributed by atoms with Crippen molar-refractivity contribution < 1.29 is 0 Å². The van der Waals surface area contributed by atoms with Crippen LogP contribution in [0.15, 0.2) is 0 Å². The van der Waals surface area contributed by atoms with Crippen LogP contribution < -0.4 is 0 Å². The number of unbranched alkanes of at least 4 members (excludes halogenated alkanes) is 8. The summed E-state index contributed by atoms with van der Waals surface area (Å²) in [6, 6.07) is 0. The van der Waals surface area contributed by atoms with Crippen molar-refractivity contribution in [3.63, 3.8) is 0 Å². The summed E-state index contributed by atoms with van der Waals surface area (Å²) in [4.78, 5) is 0. The van der Waals surface area contributed by atoms with Gasteiger partial charge in [0.05, 0.1) is 0 Å². The van der Waals surface area contributed by atoms with Gasteiger partial charge in [0, 0.05) is 0 Å². The molecule has 0 N–H and O–H groups in total. The molecule has 0 bridgehead atoms. The normalized spacial score (nSPS) is 23.6. The zero-order chi connectivity index (χ0) is 11.6. The fourth-order valence-electron chi connectivity index (χ4n) is 2.88. The Morgan fingerprint density at radius 2 is 1.25 bits per heavy atom. The second-order valence-corrected chi connectivity index (χ2v) is 5.78. The van der Waals surface area contributed by atoms with Gasteiger partial charge < -0.3 is 0 Å². The van der Waals surface area contributed by atoms with Crippen LogP contribution in [0.5, 0.6) is 0 Å². The molecular weight excluding hydrogens is 192 g/mol. The van der Waals surface area contributed by atoms with Crippen molar-refractivity contribution in [1.29, 1.82) is 0 Å². The van der Waals surface area contributed by atoms with Crippen LogP contribution >= 0.6 is 0 Å². The van der Waals surface area contributed by atoms with Gasteiger partial charge in [-0.2, -0.15) is 0 Å². The molecule has 0 aromatic carbocycles. The molecule has 0 heterocycles. The third-order valence-corrected chi connectivity index (χ3v) is 4.27. The minimum atomic E-state index is 1.12. The molecule has 1 rings (SSSR count). The van der Waals surface area contributed by atoms with Gasteiger partial charge in [-0.1, -0.05) is 84.5 Å². The molecule has 1 aliphatic rings. The summed E-state index contributed by atoms with van der Waals surface area (Å²) in [6.45, 7) is 4.64. The minimum absolute atomic E-state index is 1.12. The van der Waals surface area contributed by atoms with Crippen molar-refractivity contribution in [1.82, 2.24) is 0 Å². The first-order chi connectivity index (χ1) is 7.88. The summed E-state index contributed by atoms with van der Waals surface area (Å²) in [5.41, 5.74) is 0. The lowest BCUT2D eigenvalue weighted by Gasteiger charge is -2.01. The molecule has 0 spiro atoms. The molecule has 1 fully saturated rings. The van der Waals surface area contributed by atoms with Gasteiger partial charge in [-0.3, -0.25) is 0 Å². The van der Waals surface area contributed by atoms with E-state index < -0.39 is 0 Å². The average Bonchev–Trinajstić information content (AvgIpc) is 3.05. The summed E-state index contributed by atoms with van der Waals surface area (Å²) >= 11 is 0. The van der Waals surface area contributed by atoms with Crippen molar-refractivity contribution in [2.45, 2.75) is 90.9 Å². The van der Waals surface area contributed by atoms with Crippen molar-refractivity contribution >= 4 is 0 Å². The van der Waals surface area contributed by atoms with Gasteiger partial charge in [0.1, 0.15) is 0 Å². The molecule has 0 aromatic heterocycles. The molecule has 0 saturated heterocycles. The number of hydrogen-bond acceptors (Lipinski definition) is 0. The lowest BCUT2D eigenvalue weighted by molar-refractivity contribution is 0.531. The second-order valence-electron chi connectivity index (χ2n) is 5.78. The molecule has 0 heteroatoms. The number of rotatable bonds is 11. The van der Waals surface area contributed by atoms with Crippen LogP contribution in [0.1, 0.15) is 90.9 Å². The van der Waals surface area contributed by atoms with E-state index in [4.69, 9.17) is 0 Å². The Morgan fingerprint density at radius 1 is 0.688 bits per heavy atom. The molecule has 0 aromatic rings. The van der Waals surface area contributed by atoms with Crippen LogP contribution in [0.25, 0.3) is 0 Å². The average molecular weight is 224 g/mol. The second kappa shape index (κ2) is 9.07. The third kappa shape index (κ3) is 6.55. The quantitative estimate of drug-likeness (QED) is 0.380. The van der Waals surface area contributed by atoms with E-state index in [1.807, 2.05) is 0 Å². The molecule has 0 radical (unpaired) electrons. The van der Waals surface area contributed by atoms with E-state index in [0.717, 1.165) is 11.8 Å². The van der Waals surface area contributed by atoms with Gasteiger partial charge in [0.2, 0.25) is 0 Å². The van der Waals surface area contributed by atoms with Gasteiger partial charge in [-0.15, -0.1) is 0 Å². The highest BCUT2D eigenvalue weighted by atomic mass is 14.4. The molecule has 2 atom stereocenters. The maximum Gasteiger partial charge on any atom is -0.0383 e. The first-order valence-electron chi connectivity index (χ1n) is 7.88.